The van der Waals surface area contributed by atoms with Crippen molar-refractivity contribution in [2.75, 3.05) is 0 Å². The van der Waals surface area contributed by atoms with Crippen LogP contribution < -0.4 is 0 Å². The van der Waals surface area contributed by atoms with E-state index in [0.29, 0.717) is 12.3 Å². The summed E-state index contributed by atoms with van der Waals surface area (Å²) in [5, 5.41) is 8.06. The minimum Gasteiger partial charge on any atom is -0.480 e. The zero-order valence-corrected chi connectivity index (χ0v) is 9.06. The van der Waals surface area contributed by atoms with Crippen molar-refractivity contribution in [3.05, 3.63) is 0 Å². The van der Waals surface area contributed by atoms with E-state index in [2.05, 4.69) is 0 Å². The van der Waals surface area contributed by atoms with Crippen LogP contribution in [0.3, 0.4) is 0 Å². The number of aliphatic carboxylic acids is 1. The number of carboxylic acids is 1. The molecule has 0 fully saturated rings. The first-order chi connectivity index (χ1) is 5.93. The Morgan fingerprint density at radius 1 is 1.31 bits per heavy atom. The highest BCUT2D eigenvalue weighted by Gasteiger charge is 2.19. The van der Waals surface area contributed by atoms with Crippen LogP contribution in [-0.2, 0) is 9.59 Å². The van der Waals surface area contributed by atoms with Gasteiger partial charge in [0.25, 0.3) is 0 Å². The molecule has 13 heavy (non-hydrogen) atoms. The summed E-state index contributed by atoms with van der Waals surface area (Å²) in [5.74, 6) is -0.407. The van der Waals surface area contributed by atoms with E-state index in [9.17, 15) is 9.59 Å². The van der Waals surface area contributed by atoms with Crippen LogP contribution in [0.2, 0.25) is 0 Å². The topological polar surface area (TPSA) is 54.4 Å². The first-order valence-electron chi connectivity index (χ1n) is 4.33. The van der Waals surface area contributed by atoms with Gasteiger partial charge in [0.2, 0.25) is 0 Å². The second-order valence-electron chi connectivity index (χ2n) is 3.41. The van der Waals surface area contributed by atoms with Gasteiger partial charge in [-0.25, -0.2) is 0 Å². The minimum absolute atomic E-state index is 0.129. The average molecular weight is 204 g/mol. The molecule has 0 aliphatic carbocycles. The second kappa shape index (κ2) is 6.02. The Morgan fingerprint density at radius 2 is 1.85 bits per heavy atom. The maximum atomic E-state index is 10.7. The van der Waals surface area contributed by atoms with Gasteiger partial charge in [-0.1, -0.05) is 25.6 Å². The molecule has 1 atom stereocenters. The second-order valence-corrected chi connectivity index (χ2v) is 4.79. The Labute approximate surface area is 82.9 Å². The van der Waals surface area contributed by atoms with Crippen molar-refractivity contribution in [3.8, 4) is 0 Å². The Hall–Kier alpha value is -0.510. The van der Waals surface area contributed by atoms with Gasteiger partial charge in [0, 0.05) is 6.92 Å². The summed E-state index contributed by atoms with van der Waals surface area (Å²) in [6.07, 6.45) is 1.41. The molecule has 3 nitrogen and oxygen atoms in total. The third-order valence-electron chi connectivity index (χ3n) is 1.59. The maximum Gasteiger partial charge on any atom is 0.317 e. The lowest BCUT2D eigenvalue weighted by atomic mass is 10.1. The van der Waals surface area contributed by atoms with Gasteiger partial charge in [-0.15, -0.1) is 0 Å². The van der Waals surface area contributed by atoms with Crippen molar-refractivity contribution in [2.45, 2.75) is 38.9 Å². The molecule has 0 aromatic heterocycles. The Morgan fingerprint density at radius 3 is 2.15 bits per heavy atom. The van der Waals surface area contributed by atoms with Crippen LogP contribution in [0.15, 0.2) is 0 Å². The molecule has 0 aliphatic heterocycles. The fourth-order valence-electron chi connectivity index (χ4n) is 0.918. The van der Waals surface area contributed by atoms with Crippen molar-refractivity contribution in [1.82, 2.24) is 0 Å². The van der Waals surface area contributed by atoms with Gasteiger partial charge < -0.3 is 5.11 Å². The highest BCUT2D eigenvalue weighted by atomic mass is 32.2. The molecule has 0 saturated carbocycles. The summed E-state index contributed by atoms with van der Waals surface area (Å²) in [7, 11) is 0. The van der Waals surface area contributed by atoms with E-state index in [4.69, 9.17) is 5.11 Å². The minimum atomic E-state index is -0.888. The lowest BCUT2D eigenvalue weighted by molar-refractivity contribution is -0.136. The van der Waals surface area contributed by atoms with E-state index in [1.807, 2.05) is 13.8 Å². The Balaban J connectivity index is 3.95. The van der Waals surface area contributed by atoms with Gasteiger partial charge >= 0.3 is 5.97 Å². The quantitative estimate of drug-likeness (QED) is 0.745. The number of rotatable bonds is 5. The molecule has 0 rings (SSSR count). The van der Waals surface area contributed by atoms with Gasteiger partial charge in [0.1, 0.15) is 5.25 Å². The number of carboxylic acid groups (broad SMARTS) is 1. The van der Waals surface area contributed by atoms with Crippen molar-refractivity contribution in [2.24, 2.45) is 5.92 Å². The number of hydrogen-bond acceptors (Lipinski definition) is 3. The van der Waals surface area contributed by atoms with Crippen LogP contribution >= 0.6 is 11.8 Å². The fraction of sp³-hybridized carbons (Fsp3) is 0.778. The van der Waals surface area contributed by atoms with Gasteiger partial charge in [-0.2, -0.15) is 0 Å². The van der Waals surface area contributed by atoms with Crippen molar-refractivity contribution in [1.29, 1.82) is 0 Å². The van der Waals surface area contributed by atoms with E-state index in [0.717, 1.165) is 18.2 Å². The summed E-state index contributed by atoms with van der Waals surface area (Å²) < 4.78 is 0. The molecule has 0 bridgehead atoms. The first kappa shape index (κ1) is 12.5. The largest absolute Gasteiger partial charge is 0.480 e. The van der Waals surface area contributed by atoms with Crippen LogP contribution in [0, 0.1) is 5.92 Å². The molecule has 1 N–H and O–H groups in total. The number of carbonyl (C=O) groups excluding carboxylic acids is 1. The van der Waals surface area contributed by atoms with Crippen molar-refractivity contribution < 1.29 is 14.7 Å². The van der Waals surface area contributed by atoms with Crippen LogP contribution in [0.25, 0.3) is 0 Å². The van der Waals surface area contributed by atoms with Gasteiger partial charge in [-0.3, -0.25) is 9.59 Å². The fourth-order valence-corrected chi connectivity index (χ4v) is 1.67. The van der Waals surface area contributed by atoms with Crippen molar-refractivity contribution in [3.63, 3.8) is 0 Å². The van der Waals surface area contributed by atoms with Gasteiger partial charge in [0.15, 0.2) is 5.12 Å². The highest BCUT2D eigenvalue weighted by Crippen LogP contribution is 2.19. The molecule has 0 aromatic carbocycles. The smallest absolute Gasteiger partial charge is 0.317 e. The highest BCUT2D eigenvalue weighted by molar-refractivity contribution is 8.14. The third-order valence-corrected chi connectivity index (χ3v) is 2.64. The number of carbonyl (C=O) groups is 2. The Kier molecular flexibility index (Phi) is 5.79. The zero-order chi connectivity index (χ0) is 10.4. The molecule has 76 valence electrons. The average Bonchev–Trinajstić information content (AvgIpc) is 1.96. The molecule has 4 heteroatoms. The third kappa shape index (κ3) is 6.63. The molecule has 0 aromatic rings. The summed E-state index contributed by atoms with van der Waals surface area (Å²) in [6, 6.07) is 0. The Bertz CT molecular complexity index is 189. The van der Waals surface area contributed by atoms with Crippen LogP contribution in [-0.4, -0.2) is 21.4 Å². The van der Waals surface area contributed by atoms with Crippen LogP contribution in [0.4, 0.5) is 0 Å². The van der Waals surface area contributed by atoms with E-state index in [-0.39, 0.29) is 5.12 Å². The van der Waals surface area contributed by atoms with E-state index >= 15 is 0 Å². The molecule has 0 amide bonds. The number of hydrogen-bond donors (Lipinski definition) is 1. The molecule has 0 spiro atoms. The van der Waals surface area contributed by atoms with E-state index < -0.39 is 11.2 Å². The predicted octanol–water partition coefficient (Wildman–Crippen LogP) is 2.16. The normalized spacial score (nSPS) is 12.9. The monoisotopic (exact) mass is 204 g/mol. The molecular weight excluding hydrogens is 188 g/mol. The summed E-state index contributed by atoms with van der Waals surface area (Å²) in [4.78, 5) is 21.4. The SMILES string of the molecule is CC(=O)SC(CCC(C)C)C(=O)O. The summed E-state index contributed by atoms with van der Waals surface area (Å²) in [5.41, 5.74) is 0. The summed E-state index contributed by atoms with van der Waals surface area (Å²) >= 11 is 0.911. The molecule has 0 heterocycles. The first-order valence-corrected chi connectivity index (χ1v) is 5.21. The zero-order valence-electron chi connectivity index (χ0n) is 8.24. The van der Waals surface area contributed by atoms with Gasteiger partial charge in [-0.05, 0) is 18.8 Å². The van der Waals surface area contributed by atoms with Crippen molar-refractivity contribution >= 4 is 22.8 Å². The van der Waals surface area contributed by atoms with Crippen LogP contribution in [0.5, 0.6) is 0 Å². The molecule has 1 unspecified atom stereocenters. The lowest BCUT2D eigenvalue weighted by Gasteiger charge is -2.10. The molecule has 0 aliphatic rings. The maximum absolute atomic E-state index is 10.7. The standard InChI is InChI=1S/C9H16O3S/c1-6(2)4-5-8(9(11)12)13-7(3)10/h6,8H,4-5H2,1-3H3,(H,11,12). The van der Waals surface area contributed by atoms with E-state index in [1.165, 1.54) is 6.92 Å². The molecule has 0 saturated heterocycles. The van der Waals surface area contributed by atoms with Crippen LogP contribution in [0.1, 0.15) is 33.6 Å². The predicted molar refractivity (Wildman–Crippen MR) is 53.8 cm³/mol. The molecular formula is C9H16O3S. The molecule has 0 radical (unpaired) electrons. The number of thioether (sulfide) groups is 1. The summed E-state index contributed by atoms with van der Waals surface area (Å²) in [6.45, 7) is 5.48. The van der Waals surface area contributed by atoms with Gasteiger partial charge in [0.05, 0.1) is 0 Å². The van der Waals surface area contributed by atoms with E-state index in [1.54, 1.807) is 0 Å². The lowest BCUT2D eigenvalue weighted by Crippen LogP contribution is -2.18.